The van der Waals surface area contributed by atoms with Crippen LogP contribution in [-0.4, -0.2) is 37.4 Å². The number of benzene rings is 1. The molecule has 13 heteroatoms. The van der Waals surface area contributed by atoms with Crippen molar-refractivity contribution in [2.24, 2.45) is 5.73 Å². The number of primary amides is 1. The van der Waals surface area contributed by atoms with Gasteiger partial charge in [-0.15, -0.1) is 0 Å². The molecule has 0 saturated carbocycles. The first kappa shape index (κ1) is 22.6. The Morgan fingerprint density at radius 2 is 1.66 bits per heavy atom. The zero-order chi connectivity index (χ0) is 22.1. The summed E-state index contributed by atoms with van der Waals surface area (Å²) in [4.78, 5) is 14.5. The van der Waals surface area contributed by atoms with Crippen LogP contribution < -0.4 is 5.73 Å². The summed E-state index contributed by atoms with van der Waals surface area (Å²) in [6.07, 6.45) is -3.82. The standard InChI is InChI=1S/C16H11F7N2O3S/c17-8-2-3-9(18)12(19)11(8)13(7-1-4-10(14(24)26)25-5-7)29(27,28)6-16(22,23)15(20)21/h1-5,13,15H,6H2,(H2,24,26). The summed E-state index contributed by atoms with van der Waals surface area (Å²) in [7, 11) is -5.46. The average molecular weight is 444 g/mol. The Labute approximate surface area is 159 Å². The molecule has 1 aromatic carbocycles. The molecule has 1 atom stereocenters. The number of amides is 1. The lowest BCUT2D eigenvalue weighted by Gasteiger charge is -2.23. The van der Waals surface area contributed by atoms with E-state index in [4.69, 9.17) is 5.73 Å². The summed E-state index contributed by atoms with van der Waals surface area (Å²) in [6.45, 7) is 0. The number of halogens is 7. The fourth-order valence-electron chi connectivity index (χ4n) is 2.46. The lowest BCUT2D eigenvalue weighted by atomic mass is 10.0. The molecule has 2 N–H and O–H groups in total. The van der Waals surface area contributed by atoms with Crippen molar-refractivity contribution < 1.29 is 43.9 Å². The van der Waals surface area contributed by atoms with Crippen molar-refractivity contribution in [2.75, 3.05) is 5.75 Å². The molecule has 0 aliphatic heterocycles. The van der Waals surface area contributed by atoms with Crippen LogP contribution in [0.4, 0.5) is 30.7 Å². The predicted octanol–water partition coefficient (Wildman–Crippen LogP) is 3.00. The summed E-state index contributed by atoms with van der Waals surface area (Å²) in [5, 5.41) is -2.66. The highest BCUT2D eigenvalue weighted by molar-refractivity contribution is 7.91. The number of sulfone groups is 1. The molecule has 1 aromatic heterocycles. The Balaban J connectivity index is 2.73. The van der Waals surface area contributed by atoms with Gasteiger partial charge in [-0.05, 0) is 23.8 Å². The van der Waals surface area contributed by atoms with Crippen LogP contribution in [0.15, 0.2) is 30.5 Å². The van der Waals surface area contributed by atoms with Crippen LogP contribution in [-0.2, 0) is 9.84 Å². The summed E-state index contributed by atoms with van der Waals surface area (Å²) >= 11 is 0. The van der Waals surface area contributed by atoms with Gasteiger partial charge in [0, 0.05) is 11.8 Å². The number of hydrogen-bond donors (Lipinski definition) is 1. The Morgan fingerprint density at radius 3 is 2.14 bits per heavy atom. The third kappa shape index (κ3) is 4.66. The smallest absolute Gasteiger partial charge is 0.321 e. The monoisotopic (exact) mass is 444 g/mol. The minimum atomic E-state index is -5.46. The molecule has 5 nitrogen and oxygen atoms in total. The maximum absolute atomic E-state index is 14.2. The van der Waals surface area contributed by atoms with Crippen molar-refractivity contribution in [3.05, 3.63) is 64.7 Å². The Morgan fingerprint density at radius 1 is 1.07 bits per heavy atom. The van der Waals surface area contributed by atoms with E-state index in [-0.39, 0.29) is 0 Å². The SMILES string of the molecule is NC(=O)c1ccc(C(c2c(F)ccc(F)c2F)S(=O)(=O)CC(F)(F)C(F)F)cn1. The van der Waals surface area contributed by atoms with Gasteiger partial charge in [-0.2, -0.15) is 8.78 Å². The maximum atomic E-state index is 14.2. The normalized spacial score (nSPS) is 13.5. The van der Waals surface area contributed by atoms with Gasteiger partial charge in [0.2, 0.25) is 0 Å². The van der Waals surface area contributed by atoms with E-state index in [1.54, 1.807) is 0 Å². The van der Waals surface area contributed by atoms with Gasteiger partial charge in [0.05, 0.1) is 0 Å². The molecule has 0 radical (unpaired) electrons. The van der Waals surface area contributed by atoms with E-state index in [0.717, 1.165) is 12.1 Å². The van der Waals surface area contributed by atoms with E-state index in [1.807, 2.05) is 0 Å². The quantitative estimate of drug-likeness (QED) is 0.525. The third-order valence-electron chi connectivity index (χ3n) is 3.76. The second kappa shape index (κ2) is 7.97. The first-order valence-corrected chi connectivity index (χ1v) is 9.26. The van der Waals surface area contributed by atoms with Crippen molar-refractivity contribution in [3.63, 3.8) is 0 Å². The third-order valence-corrected chi connectivity index (χ3v) is 5.77. The van der Waals surface area contributed by atoms with Crippen molar-refractivity contribution in [3.8, 4) is 0 Å². The van der Waals surface area contributed by atoms with Crippen molar-refractivity contribution >= 4 is 15.7 Å². The van der Waals surface area contributed by atoms with Gasteiger partial charge < -0.3 is 5.73 Å². The van der Waals surface area contributed by atoms with Crippen LogP contribution in [0.3, 0.4) is 0 Å². The molecule has 1 unspecified atom stereocenters. The maximum Gasteiger partial charge on any atom is 0.321 e. The molecule has 158 valence electrons. The van der Waals surface area contributed by atoms with Crippen LogP contribution in [0.1, 0.15) is 26.9 Å². The van der Waals surface area contributed by atoms with Gasteiger partial charge in [-0.1, -0.05) is 6.07 Å². The fraction of sp³-hybridized carbons (Fsp3) is 0.250. The van der Waals surface area contributed by atoms with Gasteiger partial charge >= 0.3 is 12.3 Å². The Kier molecular flexibility index (Phi) is 6.21. The molecule has 0 aliphatic carbocycles. The molecule has 0 bridgehead atoms. The molecule has 2 aromatic rings. The van der Waals surface area contributed by atoms with E-state index < -0.39 is 73.4 Å². The van der Waals surface area contributed by atoms with Crippen molar-refractivity contribution in [1.82, 2.24) is 4.98 Å². The number of hydrogen-bond acceptors (Lipinski definition) is 4. The number of rotatable bonds is 7. The topological polar surface area (TPSA) is 90.1 Å². The number of carbonyl (C=O) groups excluding carboxylic acids is 1. The number of aromatic nitrogens is 1. The lowest BCUT2D eigenvalue weighted by molar-refractivity contribution is -0.111. The minimum absolute atomic E-state index is 0.319. The van der Waals surface area contributed by atoms with Crippen LogP contribution in [0.25, 0.3) is 0 Å². The first-order valence-electron chi connectivity index (χ1n) is 7.54. The summed E-state index contributed by atoms with van der Waals surface area (Å²) in [5.41, 5.74) is 2.36. The molecule has 1 amide bonds. The van der Waals surface area contributed by atoms with Crippen LogP contribution in [0.2, 0.25) is 0 Å². The molecule has 1 heterocycles. The molecular weight excluding hydrogens is 433 g/mol. The highest BCUT2D eigenvalue weighted by Gasteiger charge is 2.48. The summed E-state index contributed by atoms with van der Waals surface area (Å²) in [6, 6.07) is 2.24. The van der Waals surface area contributed by atoms with E-state index in [2.05, 4.69) is 4.98 Å². The lowest BCUT2D eigenvalue weighted by Crippen LogP contribution is -2.37. The predicted molar refractivity (Wildman–Crippen MR) is 85.7 cm³/mol. The van der Waals surface area contributed by atoms with Crippen molar-refractivity contribution in [1.29, 1.82) is 0 Å². The Bertz CT molecular complexity index is 1030. The second-order valence-electron chi connectivity index (χ2n) is 5.85. The van der Waals surface area contributed by atoms with E-state index >= 15 is 0 Å². The largest absolute Gasteiger partial charge is 0.364 e. The molecule has 2 rings (SSSR count). The molecule has 0 fully saturated rings. The molecule has 0 aliphatic rings. The zero-order valence-corrected chi connectivity index (χ0v) is 14.9. The van der Waals surface area contributed by atoms with Crippen LogP contribution in [0.5, 0.6) is 0 Å². The van der Waals surface area contributed by atoms with Gasteiger partial charge in [0.1, 0.15) is 22.5 Å². The van der Waals surface area contributed by atoms with Gasteiger partial charge in [0.15, 0.2) is 21.5 Å². The summed E-state index contributed by atoms with van der Waals surface area (Å²) < 4.78 is 119. The van der Waals surface area contributed by atoms with Crippen LogP contribution in [0, 0.1) is 17.5 Å². The van der Waals surface area contributed by atoms with Crippen LogP contribution >= 0.6 is 0 Å². The zero-order valence-electron chi connectivity index (χ0n) is 14.1. The Hall–Kier alpha value is -2.70. The molecule has 29 heavy (non-hydrogen) atoms. The highest BCUT2D eigenvalue weighted by atomic mass is 32.2. The minimum Gasteiger partial charge on any atom is -0.364 e. The highest BCUT2D eigenvalue weighted by Crippen LogP contribution is 2.38. The van der Waals surface area contributed by atoms with E-state index in [9.17, 15) is 43.9 Å². The number of carbonyl (C=O) groups is 1. The molecule has 0 saturated heterocycles. The van der Waals surface area contributed by atoms with Gasteiger partial charge in [0.25, 0.3) is 5.91 Å². The number of alkyl halides is 4. The number of pyridine rings is 1. The molecule has 0 spiro atoms. The second-order valence-corrected chi connectivity index (χ2v) is 7.93. The average Bonchev–Trinajstić information content (AvgIpc) is 2.61. The fourth-order valence-corrected chi connectivity index (χ4v) is 4.42. The van der Waals surface area contributed by atoms with Gasteiger partial charge in [-0.25, -0.2) is 30.4 Å². The number of nitrogens with zero attached hydrogens (tertiary/aromatic N) is 1. The number of nitrogens with two attached hydrogens (primary N) is 1. The first-order chi connectivity index (χ1) is 13.3. The van der Waals surface area contributed by atoms with E-state index in [0.29, 0.717) is 18.3 Å². The van der Waals surface area contributed by atoms with E-state index in [1.165, 1.54) is 0 Å². The molecular formula is C16H11F7N2O3S. The van der Waals surface area contributed by atoms with Crippen molar-refractivity contribution in [2.45, 2.75) is 17.6 Å². The summed E-state index contributed by atoms with van der Waals surface area (Å²) in [5.74, 6) is -14.0. The van der Waals surface area contributed by atoms with Gasteiger partial charge in [-0.3, -0.25) is 9.78 Å².